The number of hydrogen-bond donors (Lipinski definition) is 1. The molecule has 3 nitrogen and oxygen atoms in total. The Hall–Kier alpha value is -2.29. The van der Waals surface area contributed by atoms with E-state index < -0.39 is 5.97 Å². The topological polar surface area (TPSA) is 46.5 Å². The average Bonchev–Trinajstić information content (AvgIpc) is 2.38. The summed E-state index contributed by atoms with van der Waals surface area (Å²) in [5.41, 5.74) is 2.20. The maximum absolute atomic E-state index is 10.9. The van der Waals surface area contributed by atoms with Gasteiger partial charge in [-0.2, -0.15) is 0 Å². The van der Waals surface area contributed by atoms with Gasteiger partial charge in [0, 0.05) is 0 Å². The Morgan fingerprint density at radius 1 is 1.16 bits per heavy atom. The third-order valence-corrected chi connectivity index (χ3v) is 2.97. The van der Waals surface area contributed by atoms with Crippen LogP contribution >= 0.6 is 0 Å². The molecule has 0 radical (unpaired) electrons. The number of carboxylic acids is 1. The normalized spacial score (nSPS) is 10.2. The summed E-state index contributed by atoms with van der Waals surface area (Å²) in [7, 11) is 0. The Kier molecular flexibility index (Phi) is 3.85. The van der Waals surface area contributed by atoms with Crippen LogP contribution in [-0.2, 0) is 6.42 Å². The fourth-order valence-electron chi connectivity index (χ4n) is 1.90. The van der Waals surface area contributed by atoms with E-state index in [1.54, 1.807) is 25.1 Å². The largest absolute Gasteiger partial charge is 0.478 e. The molecule has 98 valence electrons. The van der Waals surface area contributed by atoms with Crippen LogP contribution in [0.3, 0.4) is 0 Å². The lowest BCUT2D eigenvalue weighted by Crippen LogP contribution is -1.99. The molecule has 2 aromatic rings. The summed E-state index contributed by atoms with van der Waals surface area (Å²) >= 11 is 0. The summed E-state index contributed by atoms with van der Waals surface area (Å²) in [4.78, 5) is 10.9. The van der Waals surface area contributed by atoms with Crippen LogP contribution in [0.25, 0.3) is 0 Å². The minimum absolute atomic E-state index is 0.301. The van der Waals surface area contributed by atoms with Gasteiger partial charge in [-0.25, -0.2) is 4.79 Å². The zero-order chi connectivity index (χ0) is 13.8. The molecule has 0 aliphatic carbocycles. The van der Waals surface area contributed by atoms with Crippen molar-refractivity contribution < 1.29 is 14.6 Å². The minimum Gasteiger partial charge on any atom is -0.478 e. The van der Waals surface area contributed by atoms with E-state index in [1.807, 2.05) is 24.3 Å². The highest BCUT2D eigenvalue weighted by Crippen LogP contribution is 2.24. The van der Waals surface area contributed by atoms with Gasteiger partial charge in [-0.15, -0.1) is 0 Å². The smallest absolute Gasteiger partial charge is 0.335 e. The van der Waals surface area contributed by atoms with Crippen molar-refractivity contribution in [3.63, 3.8) is 0 Å². The van der Waals surface area contributed by atoms with Crippen LogP contribution in [0.15, 0.2) is 42.5 Å². The summed E-state index contributed by atoms with van der Waals surface area (Å²) in [6.07, 6.45) is 0.953. The molecule has 3 heteroatoms. The van der Waals surface area contributed by atoms with E-state index >= 15 is 0 Å². The van der Waals surface area contributed by atoms with Gasteiger partial charge < -0.3 is 9.84 Å². The molecule has 0 aromatic heterocycles. The molecule has 0 saturated carbocycles. The van der Waals surface area contributed by atoms with Crippen molar-refractivity contribution >= 4 is 5.97 Å². The number of carboxylic acid groups (broad SMARTS) is 1. The third-order valence-electron chi connectivity index (χ3n) is 2.97. The van der Waals surface area contributed by atoms with Crippen LogP contribution in [0, 0.1) is 6.92 Å². The number of hydrogen-bond acceptors (Lipinski definition) is 2. The van der Waals surface area contributed by atoms with Crippen LogP contribution in [0.5, 0.6) is 11.5 Å². The highest BCUT2D eigenvalue weighted by atomic mass is 16.5. The molecule has 0 spiro atoms. The molecule has 0 saturated heterocycles. The molecule has 1 N–H and O–H groups in total. The van der Waals surface area contributed by atoms with Gasteiger partial charge in [0.15, 0.2) is 0 Å². The predicted octanol–water partition coefficient (Wildman–Crippen LogP) is 4.05. The Morgan fingerprint density at radius 2 is 1.89 bits per heavy atom. The first kappa shape index (κ1) is 13.1. The van der Waals surface area contributed by atoms with Gasteiger partial charge in [0.25, 0.3) is 0 Å². The van der Waals surface area contributed by atoms with Crippen molar-refractivity contribution in [3.05, 3.63) is 59.2 Å². The number of aryl methyl sites for hydroxylation is 2. The quantitative estimate of drug-likeness (QED) is 0.897. The predicted molar refractivity (Wildman–Crippen MR) is 74.0 cm³/mol. The fraction of sp³-hybridized carbons (Fsp3) is 0.188. The summed E-state index contributed by atoms with van der Waals surface area (Å²) < 4.78 is 5.74. The maximum Gasteiger partial charge on any atom is 0.335 e. The van der Waals surface area contributed by atoms with Crippen molar-refractivity contribution in [2.45, 2.75) is 20.3 Å². The standard InChI is InChI=1S/C16H16O3/c1-3-12-5-4-6-13(10-12)19-14-7-8-15(16(17)18)11(2)9-14/h4-10H,3H2,1-2H3,(H,17,18). The molecule has 0 aliphatic heterocycles. The molecular weight excluding hydrogens is 240 g/mol. The SMILES string of the molecule is CCc1cccc(Oc2ccc(C(=O)O)c(C)c2)c1. The first-order valence-electron chi connectivity index (χ1n) is 6.21. The maximum atomic E-state index is 10.9. The van der Waals surface area contributed by atoms with Gasteiger partial charge in [0.05, 0.1) is 5.56 Å². The van der Waals surface area contributed by atoms with Gasteiger partial charge in [-0.3, -0.25) is 0 Å². The van der Waals surface area contributed by atoms with Crippen LogP contribution in [-0.4, -0.2) is 11.1 Å². The van der Waals surface area contributed by atoms with E-state index in [9.17, 15) is 4.79 Å². The van der Waals surface area contributed by atoms with Gasteiger partial charge in [0.2, 0.25) is 0 Å². The van der Waals surface area contributed by atoms with E-state index in [2.05, 4.69) is 6.92 Å². The lowest BCUT2D eigenvalue weighted by Gasteiger charge is -2.09. The van der Waals surface area contributed by atoms with E-state index in [4.69, 9.17) is 9.84 Å². The van der Waals surface area contributed by atoms with Crippen molar-refractivity contribution in [2.75, 3.05) is 0 Å². The second kappa shape index (κ2) is 5.57. The second-order valence-corrected chi connectivity index (χ2v) is 4.38. The number of ether oxygens (including phenoxy) is 1. The molecule has 0 fully saturated rings. The lowest BCUT2D eigenvalue weighted by atomic mass is 10.1. The molecule has 2 aromatic carbocycles. The molecule has 0 atom stereocenters. The summed E-state index contributed by atoms with van der Waals surface area (Å²) in [5.74, 6) is 0.495. The average molecular weight is 256 g/mol. The van der Waals surface area contributed by atoms with Crippen molar-refractivity contribution in [2.24, 2.45) is 0 Å². The summed E-state index contributed by atoms with van der Waals surface area (Å²) in [6, 6.07) is 12.9. The zero-order valence-electron chi connectivity index (χ0n) is 11.0. The van der Waals surface area contributed by atoms with Crippen LogP contribution in [0.2, 0.25) is 0 Å². The molecule has 0 amide bonds. The number of aromatic carboxylic acids is 1. The molecule has 19 heavy (non-hydrogen) atoms. The first-order chi connectivity index (χ1) is 9.10. The Labute approximate surface area is 112 Å². The Balaban J connectivity index is 2.23. The molecule has 0 unspecified atom stereocenters. The van der Waals surface area contributed by atoms with Gasteiger partial charge >= 0.3 is 5.97 Å². The Morgan fingerprint density at radius 3 is 2.53 bits per heavy atom. The number of benzene rings is 2. The minimum atomic E-state index is -0.919. The van der Waals surface area contributed by atoms with Crippen molar-refractivity contribution in [1.82, 2.24) is 0 Å². The second-order valence-electron chi connectivity index (χ2n) is 4.38. The van der Waals surface area contributed by atoms with Gasteiger partial charge in [-0.1, -0.05) is 19.1 Å². The highest BCUT2D eigenvalue weighted by Gasteiger charge is 2.08. The molecular formula is C16H16O3. The summed E-state index contributed by atoms with van der Waals surface area (Å²) in [6.45, 7) is 3.85. The number of carbonyl (C=O) groups is 1. The first-order valence-corrected chi connectivity index (χ1v) is 6.21. The summed E-state index contributed by atoms with van der Waals surface area (Å²) in [5, 5.41) is 8.97. The molecule has 0 bridgehead atoms. The van der Waals surface area contributed by atoms with Gasteiger partial charge in [0.1, 0.15) is 11.5 Å². The highest BCUT2D eigenvalue weighted by molar-refractivity contribution is 5.89. The third kappa shape index (κ3) is 3.13. The van der Waals surface area contributed by atoms with Gasteiger partial charge in [-0.05, 0) is 54.8 Å². The van der Waals surface area contributed by atoms with E-state index in [1.165, 1.54) is 5.56 Å². The molecule has 2 rings (SSSR count). The molecule has 0 heterocycles. The van der Waals surface area contributed by atoms with Crippen molar-refractivity contribution in [3.8, 4) is 11.5 Å². The van der Waals surface area contributed by atoms with Crippen LogP contribution < -0.4 is 4.74 Å². The van der Waals surface area contributed by atoms with Crippen LogP contribution in [0.4, 0.5) is 0 Å². The van der Waals surface area contributed by atoms with Crippen LogP contribution in [0.1, 0.15) is 28.4 Å². The van der Waals surface area contributed by atoms with E-state index in [-0.39, 0.29) is 0 Å². The zero-order valence-corrected chi connectivity index (χ0v) is 11.0. The lowest BCUT2D eigenvalue weighted by molar-refractivity contribution is 0.0696. The monoisotopic (exact) mass is 256 g/mol. The number of rotatable bonds is 4. The van der Waals surface area contributed by atoms with E-state index in [0.717, 1.165) is 12.2 Å². The van der Waals surface area contributed by atoms with E-state index in [0.29, 0.717) is 16.9 Å². The fourth-order valence-corrected chi connectivity index (χ4v) is 1.90. The Bertz CT molecular complexity index is 603. The molecule has 0 aliphatic rings. The van der Waals surface area contributed by atoms with Crippen molar-refractivity contribution in [1.29, 1.82) is 0 Å².